The maximum atomic E-state index is 11.6. The van der Waals surface area contributed by atoms with Crippen LogP contribution >= 0.6 is 0 Å². The minimum absolute atomic E-state index is 0.420. The highest BCUT2D eigenvalue weighted by Gasteiger charge is 2.15. The molecule has 2 heterocycles. The second-order valence-corrected chi connectivity index (χ2v) is 6.33. The lowest BCUT2D eigenvalue weighted by Crippen LogP contribution is -2.42. The summed E-state index contributed by atoms with van der Waals surface area (Å²) in [7, 11) is 1.68. The van der Waals surface area contributed by atoms with Gasteiger partial charge >= 0.3 is 6.09 Å². The number of guanidine groups is 1. The molecule has 25 heavy (non-hydrogen) atoms. The van der Waals surface area contributed by atoms with Gasteiger partial charge in [-0.1, -0.05) is 6.07 Å². The number of nitrogens with one attached hydrogen (secondary N) is 3. The van der Waals surface area contributed by atoms with Crippen molar-refractivity contribution in [2.75, 3.05) is 20.1 Å². The molecule has 2 aromatic rings. The topological polar surface area (TPSA) is 105 Å². The molecule has 0 spiro atoms. The van der Waals surface area contributed by atoms with Gasteiger partial charge in [0.2, 0.25) is 0 Å². The second-order valence-electron chi connectivity index (χ2n) is 6.33. The van der Waals surface area contributed by atoms with E-state index in [1.807, 2.05) is 49.6 Å². The van der Waals surface area contributed by atoms with E-state index in [1.54, 1.807) is 7.05 Å². The largest absolute Gasteiger partial charge is 0.444 e. The van der Waals surface area contributed by atoms with E-state index in [9.17, 15) is 4.79 Å². The van der Waals surface area contributed by atoms with Crippen molar-refractivity contribution in [1.29, 1.82) is 0 Å². The number of rotatable bonds is 5. The molecule has 0 atom stereocenters. The lowest BCUT2D eigenvalue weighted by Gasteiger charge is -2.19. The molecule has 0 aliphatic rings. The number of nitrogens with zero attached hydrogens (tertiary/aromatic N) is 4. The van der Waals surface area contributed by atoms with Crippen molar-refractivity contribution >= 4 is 17.7 Å². The van der Waals surface area contributed by atoms with Gasteiger partial charge in [-0.25, -0.2) is 4.79 Å². The number of hydrogen-bond donors (Lipinski definition) is 3. The zero-order valence-corrected chi connectivity index (χ0v) is 15.0. The summed E-state index contributed by atoms with van der Waals surface area (Å²) in [4.78, 5) is 15.7. The van der Waals surface area contributed by atoms with Crippen molar-refractivity contribution in [3.8, 4) is 0 Å². The lowest BCUT2D eigenvalue weighted by molar-refractivity contribution is 0.0529. The number of hydrogen-bond acceptors (Lipinski definition) is 5. The predicted octanol–water partition coefficient (Wildman–Crippen LogP) is 0.919. The minimum atomic E-state index is -0.504. The van der Waals surface area contributed by atoms with Gasteiger partial charge in [0, 0.05) is 26.3 Å². The number of aromatic nitrogens is 3. The van der Waals surface area contributed by atoms with Crippen LogP contribution in [0.3, 0.4) is 0 Å². The van der Waals surface area contributed by atoms with Gasteiger partial charge in [-0.15, -0.1) is 10.2 Å². The molecule has 0 unspecified atom stereocenters. The number of ether oxygens (including phenoxy) is 1. The number of amides is 1. The molecule has 0 radical (unpaired) electrons. The van der Waals surface area contributed by atoms with E-state index >= 15 is 0 Å². The normalized spacial score (nSPS) is 12.1. The Labute approximate surface area is 146 Å². The summed E-state index contributed by atoms with van der Waals surface area (Å²) in [6.45, 7) is 6.88. The third-order valence-corrected chi connectivity index (χ3v) is 3.11. The maximum Gasteiger partial charge on any atom is 0.407 e. The summed E-state index contributed by atoms with van der Waals surface area (Å²) < 4.78 is 7.07. The summed E-state index contributed by atoms with van der Waals surface area (Å²) >= 11 is 0. The van der Waals surface area contributed by atoms with Crippen LogP contribution in [0.4, 0.5) is 4.79 Å². The second kappa shape index (κ2) is 8.32. The first-order valence-electron chi connectivity index (χ1n) is 8.09. The van der Waals surface area contributed by atoms with Crippen molar-refractivity contribution in [3.63, 3.8) is 0 Å². The number of pyridine rings is 1. The average molecular weight is 347 g/mol. The SMILES string of the molecule is CN=C(NCCNC(=O)OC(C)(C)C)NCc1nnc2ccccn12. The van der Waals surface area contributed by atoms with Crippen LogP contribution in [0, 0.1) is 0 Å². The van der Waals surface area contributed by atoms with Gasteiger partial charge in [-0.3, -0.25) is 9.39 Å². The summed E-state index contributed by atoms with van der Waals surface area (Å²) in [6.07, 6.45) is 1.47. The molecule has 0 aromatic carbocycles. The van der Waals surface area contributed by atoms with Gasteiger partial charge in [-0.05, 0) is 32.9 Å². The monoisotopic (exact) mass is 347 g/mol. The van der Waals surface area contributed by atoms with Crippen molar-refractivity contribution in [3.05, 3.63) is 30.2 Å². The number of carbonyl (C=O) groups excluding carboxylic acids is 1. The molecule has 0 saturated carbocycles. The van der Waals surface area contributed by atoms with Crippen molar-refractivity contribution in [1.82, 2.24) is 30.5 Å². The van der Waals surface area contributed by atoms with Gasteiger partial charge in [0.05, 0.1) is 6.54 Å². The van der Waals surface area contributed by atoms with E-state index < -0.39 is 11.7 Å². The molecule has 9 nitrogen and oxygen atoms in total. The van der Waals surface area contributed by atoms with Crippen LogP contribution in [0.15, 0.2) is 29.4 Å². The quantitative estimate of drug-likeness (QED) is 0.422. The fraction of sp³-hybridized carbons (Fsp3) is 0.500. The number of fused-ring (bicyclic) bond motifs is 1. The molecule has 0 aliphatic carbocycles. The first-order valence-corrected chi connectivity index (χ1v) is 8.09. The van der Waals surface area contributed by atoms with Crippen molar-refractivity contribution < 1.29 is 9.53 Å². The smallest absolute Gasteiger partial charge is 0.407 e. The van der Waals surface area contributed by atoms with Crippen molar-refractivity contribution in [2.45, 2.75) is 32.9 Å². The van der Waals surface area contributed by atoms with Gasteiger partial charge in [0.15, 0.2) is 17.4 Å². The van der Waals surface area contributed by atoms with Gasteiger partial charge in [-0.2, -0.15) is 0 Å². The molecule has 0 saturated heterocycles. The Morgan fingerprint density at radius 2 is 1.96 bits per heavy atom. The van der Waals surface area contributed by atoms with Crippen LogP contribution in [0.25, 0.3) is 5.65 Å². The highest BCUT2D eigenvalue weighted by atomic mass is 16.6. The molecule has 9 heteroatoms. The fourth-order valence-electron chi connectivity index (χ4n) is 2.05. The molecule has 1 amide bonds. The number of carbonyl (C=O) groups is 1. The number of alkyl carbamates (subject to hydrolysis) is 1. The van der Waals surface area contributed by atoms with E-state index in [0.717, 1.165) is 11.5 Å². The summed E-state index contributed by atoms with van der Waals surface area (Å²) in [6, 6.07) is 5.74. The van der Waals surface area contributed by atoms with E-state index in [-0.39, 0.29) is 0 Å². The summed E-state index contributed by atoms with van der Waals surface area (Å²) in [5, 5.41) is 17.2. The Bertz CT molecular complexity index is 733. The van der Waals surface area contributed by atoms with E-state index in [1.165, 1.54) is 0 Å². The highest BCUT2D eigenvalue weighted by molar-refractivity contribution is 5.79. The molecule has 0 fully saturated rings. The molecule has 2 rings (SSSR count). The average Bonchev–Trinajstić information content (AvgIpc) is 2.96. The summed E-state index contributed by atoms with van der Waals surface area (Å²) in [5.41, 5.74) is 0.291. The van der Waals surface area contributed by atoms with Crippen LogP contribution in [-0.4, -0.2) is 52.4 Å². The van der Waals surface area contributed by atoms with Crippen LogP contribution in [-0.2, 0) is 11.3 Å². The fourth-order valence-corrected chi connectivity index (χ4v) is 2.05. The predicted molar refractivity (Wildman–Crippen MR) is 95.4 cm³/mol. The third kappa shape index (κ3) is 5.94. The Hall–Kier alpha value is -2.84. The van der Waals surface area contributed by atoms with Gasteiger partial charge in [0.25, 0.3) is 0 Å². The minimum Gasteiger partial charge on any atom is -0.444 e. The Morgan fingerprint density at radius 3 is 2.68 bits per heavy atom. The van der Waals surface area contributed by atoms with Crippen LogP contribution < -0.4 is 16.0 Å². The van der Waals surface area contributed by atoms with E-state index in [4.69, 9.17) is 4.74 Å². The molecule has 3 N–H and O–H groups in total. The first kappa shape index (κ1) is 18.5. The molecule has 136 valence electrons. The van der Waals surface area contributed by atoms with Crippen LogP contribution in [0.1, 0.15) is 26.6 Å². The maximum absolute atomic E-state index is 11.6. The van der Waals surface area contributed by atoms with Crippen LogP contribution in [0.5, 0.6) is 0 Å². The van der Waals surface area contributed by atoms with Gasteiger partial charge < -0.3 is 20.7 Å². The standard InChI is InChI=1S/C16H25N7O2/c1-16(2,3)25-15(24)19-9-8-18-14(17-4)20-11-13-22-21-12-7-5-6-10-23(12)13/h5-7,10H,8-9,11H2,1-4H3,(H,19,24)(H2,17,18,20). The zero-order valence-electron chi connectivity index (χ0n) is 15.0. The Balaban J connectivity index is 1.73. The molecule has 0 aliphatic heterocycles. The van der Waals surface area contributed by atoms with Gasteiger partial charge in [0.1, 0.15) is 5.60 Å². The number of aliphatic imine (C=N–C) groups is 1. The van der Waals surface area contributed by atoms with Crippen LogP contribution in [0.2, 0.25) is 0 Å². The zero-order chi connectivity index (χ0) is 18.3. The van der Waals surface area contributed by atoms with Crippen molar-refractivity contribution in [2.24, 2.45) is 4.99 Å². The molecule has 0 bridgehead atoms. The summed E-state index contributed by atoms with van der Waals surface area (Å²) in [5.74, 6) is 1.39. The Kier molecular flexibility index (Phi) is 6.15. The Morgan fingerprint density at radius 1 is 1.20 bits per heavy atom. The van der Waals surface area contributed by atoms with E-state index in [2.05, 4.69) is 31.1 Å². The molecule has 2 aromatic heterocycles. The molecular formula is C16H25N7O2. The highest BCUT2D eigenvalue weighted by Crippen LogP contribution is 2.06. The lowest BCUT2D eigenvalue weighted by atomic mass is 10.2. The van der Waals surface area contributed by atoms with E-state index in [0.29, 0.717) is 25.6 Å². The first-order chi connectivity index (χ1) is 11.9. The third-order valence-electron chi connectivity index (χ3n) is 3.11. The molecular weight excluding hydrogens is 322 g/mol.